The zero-order chi connectivity index (χ0) is 32.5. The lowest BCUT2D eigenvalue weighted by molar-refractivity contribution is -0.143. The van der Waals surface area contributed by atoms with Crippen molar-refractivity contribution in [2.45, 2.75) is 53.9 Å². The van der Waals surface area contributed by atoms with Crippen LogP contribution in [0.25, 0.3) is 0 Å². The summed E-state index contributed by atoms with van der Waals surface area (Å²) in [6.45, 7) is 13.9. The van der Waals surface area contributed by atoms with E-state index in [0.717, 1.165) is 40.1 Å². The molecule has 1 aliphatic carbocycles. The summed E-state index contributed by atoms with van der Waals surface area (Å²) in [5.41, 5.74) is 10.6. The van der Waals surface area contributed by atoms with Gasteiger partial charge in [-0.15, -0.1) is 0 Å². The third-order valence-corrected chi connectivity index (χ3v) is 9.98. The van der Waals surface area contributed by atoms with Crippen molar-refractivity contribution in [3.63, 3.8) is 0 Å². The zero-order valence-corrected chi connectivity index (χ0v) is 26.9. The Kier molecular flexibility index (Phi) is 7.56. The number of carbonyl (C=O) groups excluding carboxylic acids is 1. The van der Waals surface area contributed by atoms with Gasteiger partial charge in [-0.3, -0.25) is 9.59 Å². The summed E-state index contributed by atoms with van der Waals surface area (Å²) in [6, 6.07) is 0. The Morgan fingerprint density at radius 1 is 1.07 bits per heavy atom. The number of aliphatic carboxylic acids is 1. The van der Waals surface area contributed by atoms with Gasteiger partial charge in [-0.25, -0.2) is 15.0 Å². The van der Waals surface area contributed by atoms with Crippen LogP contribution in [-0.4, -0.2) is 46.4 Å². The number of esters is 1. The van der Waals surface area contributed by atoms with E-state index >= 15 is 0 Å². The lowest BCUT2D eigenvalue weighted by Gasteiger charge is -2.20. The fraction of sp³-hybridized carbons (Fsp3) is 0.343. The van der Waals surface area contributed by atoms with E-state index in [1.165, 1.54) is 7.11 Å². The van der Waals surface area contributed by atoms with Gasteiger partial charge >= 0.3 is 11.9 Å². The van der Waals surface area contributed by atoms with Crippen molar-refractivity contribution >= 4 is 40.7 Å². The van der Waals surface area contributed by atoms with Crippen LogP contribution < -0.4 is 5.32 Å². The Bertz CT molecular complexity index is 1870. The monoisotopic (exact) mass is 626 g/mol. The van der Waals surface area contributed by atoms with Gasteiger partial charge in [0.1, 0.15) is 11.7 Å². The minimum Gasteiger partial charge on any atom is -0.510 e. The molecule has 0 amide bonds. The van der Waals surface area contributed by atoms with Crippen LogP contribution in [0.2, 0.25) is 0 Å². The number of halogens is 1. The molecule has 8 bridgehead atoms. The maximum atomic E-state index is 13.3. The molecule has 0 aromatic heterocycles. The first kappa shape index (κ1) is 30.5. The number of allylic oxidation sites excluding steroid dienone is 11. The van der Waals surface area contributed by atoms with Crippen molar-refractivity contribution in [1.29, 1.82) is 0 Å². The van der Waals surface area contributed by atoms with E-state index in [1.54, 1.807) is 6.08 Å². The lowest BCUT2D eigenvalue weighted by Crippen LogP contribution is -2.25. The minimum absolute atomic E-state index is 0.104. The van der Waals surface area contributed by atoms with Crippen LogP contribution >= 0.6 is 11.6 Å². The number of nitrogens with zero attached hydrogens (tertiary/aromatic N) is 3. The van der Waals surface area contributed by atoms with Crippen molar-refractivity contribution in [1.82, 2.24) is 5.32 Å². The SMILES string of the molecule is C=CC1=C(C)C2=NC1=CC1=NC(=CC3=C(C)C4=C(O)[C@H](C(=O)OC)C(=C5NC(=C2Cl)[C@@H](C)[C@@H]5CCC(=O)O)C4=N3)C(CC)=C1C. The molecule has 10 heteroatoms. The summed E-state index contributed by atoms with van der Waals surface area (Å²) in [5.74, 6) is -3.51. The summed E-state index contributed by atoms with van der Waals surface area (Å²) in [7, 11) is 1.27. The Hall–Kier alpha value is -4.50. The molecule has 0 unspecified atom stereocenters. The van der Waals surface area contributed by atoms with Gasteiger partial charge in [0.05, 0.1) is 46.4 Å². The molecule has 0 saturated carbocycles. The number of carboxylic acid groups (broad SMARTS) is 1. The first-order valence-electron chi connectivity index (χ1n) is 15.0. The summed E-state index contributed by atoms with van der Waals surface area (Å²) in [5, 5.41) is 25.1. The minimum atomic E-state index is -1.14. The van der Waals surface area contributed by atoms with Crippen LogP contribution in [0.5, 0.6) is 0 Å². The van der Waals surface area contributed by atoms with E-state index in [0.29, 0.717) is 56.0 Å². The third kappa shape index (κ3) is 4.55. The van der Waals surface area contributed by atoms with Gasteiger partial charge in [-0.05, 0) is 68.1 Å². The summed E-state index contributed by atoms with van der Waals surface area (Å²) in [4.78, 5) is 40.0. The van der Waals surface area contributed by atoms with Gasteiger partial charge in [-0.1, -0.05) is 38.1 Å². The van der Waals surface area contributed by atoms with Gasteiger partial charge in [0, 0.05) is 46.4 Å². The number of methoxy groups -OCH3 is 1. The molecule has 5 heterocycles. The van der Waals surface area contributed by atoms with Crippen molar-refractivity contribution < 1.29 is 24.5 Å². The van der Waals surface area contributed by atoms with Crippen LogP contribution in [0.3, 0.4) is 0 Å². The van der Waals surface area contributed by atoms with Gasteiger partial charge in [0.25, 0.3) is 0 Å². The normalized spacial score (nSPS) is 25.6. The number of aliphatic imine (C=N–C) groups is 3. The molecule has 6 aliphatic rings. The topological polar surface area (TPSA) is 133 Å². The number of aliphatic hydroxyl groups is 1. The standard InChI is InChI=1S/C35H35ClN4O5/c1-8-18-14(3)21-12-24-19(9-2)15(4)30(39-24)29(36)31-16(5)20(10-11-25(41)42)32(40-31)27-28(35(44)45-7)34(43)26-17(6)22(38-33(26)27)13-23(18)37-21/h9,12-13,16,20,28,40,43H,2,8,10-11H2,1,3-7H3,(H,41,42)/t16-,20-,28+/m0/s1. The number of carboxylic acids is 1. The van der Waals surface area contributed by atoms with Gasteiger partial charge in [-0.2, -0.15) is 0 Å². The molecule has 0 radical (unpaired) electrons. The number of ether oxygens (including phenoxy) is 1. The molecule has 45 heavy (non-hydrogen) atoms. The first-order chi connectivity index (χ1) is 21.4. The molecule has 3 N–H and O–H groups in total. The second kappa shape index (κ2) is 11.1. The van der Waals surface area contributed by atoms with Crippen molar-refractivity contribution in [3.05, 3.63) is 103 Å². The van der Waals surface area contributed by atoms with Crippen LogP contribution in [0.15, 0.2) is 118 Å². The highest BCUT2D eigenvalue weighted by molar-refractivity contribution is 6.47. The third-order valence-electron chi connectivity index (χ3n) is 9.60. The second-order valence-corrected chi connectivity index (χ2v) is 12.3. The van der Waals surface area contributed by atoms with Crippen LogP contribution in [-0.2, 0) is 14.3 Å². The lowest BCUT2D eigenvalue weighted by atomic mass is 9.84. The van der Waals surface area contributed by atoms with E-state index in [-0.39, 0.29) is 30.4 Å². The average molecular weight is 627 g/mol. The van der Waals surface area contributed by atoms with Crippen molar-refractivity contribution in [2.75, 3.05) is 7.11 Å². The van der Waals surface area contributed by atoms with E-state index in [9.17, 15) is 19.8 Å². The van der Waals surface area contributed by atoms with Gasteiger partial charge in [0.15, 0.2) is 0 Å². The molecular weight excluding hydrogens is 592 g/mol. The van der Waals surface area contributed by atoms with Gasteiger partial charge < -0.3 is 20.3 Å². The number of fused-ring (bicyclic) bond motifs is 5. The van der Waals surface area contributed by atoms with Crippen LogP contribution in [0.1, 0.15) is 53.9 Å². The fourth-order valence-electron chi connectivity index (χ4n) is 7.15. The van der Waals surface area contributed by atoms with Crippen molar-refractivity contribution in [2.24, 2.45) is 32.7 Å². The molecule has 0 spiro atoms. The van der Waals surface area contributed by atoms with E-state index < -0.39 is 17.9 Å². The highest BCUT2D eigenvalue weighted by Crippen LogP contribution is 2.50. The molecule has 9 nitrogen and oxygen atoms in total. The van der Waals surface area contributed by atoms with Crippen molar-refractivity contribution in [3.8, 4) is 0 Å². The quantitative estimate of drug-likeness (QED) is 0.282. The van der Waals surface area contributed by atoms with Crippen LogP contribution in [0, 0.1) is 17.8 Å². The number of rotatable bonds is 6. The Morgan fingerprint density at radius 3 is 2.44 bits per heavy atom. The Balaban J connectivity index is 1.70. The highest BCUT2D eigenvalue weighted by Gasteiger charge is 2.49. The average Bonchev–Trinajstić information content (AvgIpc) is 3.75. The largest absolute Gasteiger partial charge is 0.510 e. The van der Waals surface area contributed by atoms with E-state index in [2.05, 4.69) is 18.8 Å². The number of carbonyl (C=O) groups is 2. The molecular formula is C35H35ClN4O5. The number of aliphatic hydroxyl groups excluding tert-OH is 1. The van der Waals surface area contributed by atoms with E-state index in [4.69, 9.17) is 31.3 Å². The summed E-state index contributed by atoms with van der Waals surface area (Å²) in [6.07, 6.45) is 6.54. The molecule has 5 aliphatic heterocycles. The van der Waals surface area contributed by atoms with Crippen LogP contribution in [0.4, 0.5) is 0 Å². The highest BCUT2D eigenvalue weighted by atomic mass is 35.5. The first-order valence-corrected chi connectivity index (χ1v) is 15.4. The molecule has 1 fully saturated rings. The number of nitrogens with one attached hydrogen (secondary N) is 1. The van der Waals surface area contributed by atoms with E-state index in [1.807, 2.05) is 39.8 Å². The molecule has 232 valence electrons. The summed E-state index contributed by atoms with van der Waals surface area (Å²) >= 11 is 7.19. The fourth-order valence-corrected chi connectivity index (χ4v) is 7.55. The molecule has 3 atom stereocenters. The summed E-state index contributed by atoms with van der Waals surface area (Å²) < 4.78 is 5.17. The molecule has 6 rings (SSSR count). The molecule has 0 aromatic carbocycles. The van der Waals surface area contributed by atoms with Gasteiger partial charge in [0.2, 0.25) is 0 Å². The zero-order valence-electron chi connectivity index (χ0n) is 26.1. The maximum absolute atomic E-state index is 13.3. The predicted molar refractivity (Wildman–Crippen MR) is 175 cm³/mol. The molecule has 1 saturated heterocycles. The number of hydrogen-bond donors (Lipinski definition) is 3. The second-order valence-electron chi connectivity index (χ2n) is 11.9. The predicted octanol–water partition coefficient (Wildman–Crippen LogP) is 6.67. The Morgan fingerprint density at radius 2 is 1.80 bits per heavy atom. The Labute approximate surface area is 266 Å². The smallest absolute Gasteiger partial charge is 0.321 e. The molecule has 0 aromatic rings. The maximum Gasteiger partial charge on any atom is 0.321 e. The number of hydrogen-bond acceptors (Lipinski definition) is 8.